The van der Waals surface area contributed by atoms with Crippen molar-refractivity contribution in [2.45, 2.75) is 6.04 Å². The lowest BCUT2D eigenvalue weighted by molar-refractivity contribution is 0.184. The molecule has 0 radical (unpaired) electrons. The smallest absolute Gasteiger partial charge is 0.319 e. The average Bonchev–Trinajstić information content (AvgIpc) is 2.90. The van der Waals surface area contributed by atoms with E-state index in [1.165, 1.54) is 14.1 Å². The van der Waals surface area contributed by atoms with Crippen LogP contribution >= 0.6 is 23.2 Å². The lowest BCUT2D eigenvalue weighted by atomic mass is 10.1. The van der Waals surface area contributed by atoms with Crippen LogP contribution in [0, 0.1) is 5.92 Å². The highest BCUT2D eigenvalue weighted by atomic mass is 35.5. The van der Waals surface area contributed by atoms with Gasteiger partial charge in [-0.05, 0) is 12.1 Å². The normalized spacial score (nSPS) is 21.0. The van der Waals surface area contributed by atoms with Gasteiger partial charge in [-0.25, -0.2) is 17.5 Å². The van der Waals surface area contributed by atoms with Crippen LogP contribution in [0.15, 0.2) is 18.2 Å². The van der Waals surface area contributed by atoms with Crippen molar-refractivity contribution in [2.24, 2.45) is 5.92 Å². The highest BCUT2D eigenvalue weighted by Gasteiger charge is 2.34. The Morgan fingerprint density at radius 1 is 1.33 bits per heavy atom. The quantitative estimate of drug-likeness (QED) is 0.797. The van der Waals surface area contributed by atoms with Crippen LogP contribution in [0.5, 0.6) is 0 Å². The predicted molar refractivity (Wildman–Crippen MR) is 94.2 cm³/mol. The molecule has 1 aliphatic heterocycles. The van der Waals surface area contributed by atoms with Crippen LogP contribution in [-0.4, -0.2) is 57.9 Å². The molecule has 1 fully saturated rings. The molecule has 1 saturated heterocycles. The fourth-order valence-corrected chi connectivity index (χ4v) is 3.78. The molecule has 10 heteroatoms. The van der Waals surface area contributed by atoms with E-state index < -0.39 is 22.1 Å². The summed E-state index contributed by atoms with van der Waals surface area (Å²) >= 11 is 11.9. The Kier molecular flexibility index (Phi) is 6.33. The summed E-state index contributed by atoms with van der Waals surface area (Å²) in [6.07, 6.45) is 0. The lowest BCUT2D eigenvalue weighted by Crippen LogP contribution is -2.45. The van der Waals surface area contributed by atoms with Crippen LogP contribution < -0.4 is 10.6 Å². The highest BCUT2D eigenvalue weighted by molar-refractivity contribution is 7.89. The Labute approximate surface area is 151 Å². The number of hydrogen-bond acceptors (Lipinski definition) is 4. The molecule has 1 heterocycles. The number of amides is 2. The molecule has 134 valence electrons. The minimum Gasteiger partial charge on any atom is -0.379 e. The number of ether oxygens (including phenoxy) is 1. The minimum absolute atomic E-state index is 0.0944. The second-order valence-corrected chi connectivity index (χ2v) is 8.68. The number of halogens is 2. The van der Waals surface area contributed by atoms with Crippen LogP contribution in [0.3, 0.4) is 0 Å². The molecule has 2 amide bonds. The number of rotatable bonds is 5. The van der Waals surface area contributed by atoms with Gasteiger partial charge in [0, 0.05) is 20.0 Å². The number of urea groups is 1. The van der Waals surface area contributed by atoms with Crippen molar-refractivity contribution in [1.29, 1.82) is 0 Å². The summed E-state index contributed by atoms with van der Waals surface area (Å²) in [5, 5.41) is 5.90. The minimum atomic E-state index is -3.38. The molecular formula is C14H19Cl2N3O4S. The number of nitrogens with one attached hydrogen (secondary N) is 2. The van der Waals surface area contributed by atoms with Crippen molar-refractivity contribution in [1.82, 2.24) is 9.62 Å². The number of carbonyl (C=O) groups excluding carboxylic acids is 1. The fourth-order valence-electron chi connectivity index (χ4n) is 2.27. The van der Waals surface area contributed by atoms with Gasteiger partial charge in [-0.2, -0.15) is 0 Å². The van der Waals surface area contributed by atoms with Crippen LogP contribution in [0.1, 0.15) is 0 Å². The summed E-state index contributed by atoms with van der Waals surface area (Å²) in [4.78, 5) is 12.1. The van der Waals surface area contributed by atoms with Gasteiger partial charge in [-0.3, -0.25) is 0 Å². The lowest BCUT2D eigenvalue weighted by Gasteiger charge is -2.21. The van der Waals surface area contributed by atoms with Gasteiger partial charge in [-0.15, -0.1) is 0 Å². The van der Waals surface area contributed by atoms with E-state index in [2.05, 4.69) is 10.6 Å². The molecule has 7 nitrogen and oxygen atoms in total. The largest absolute Gasteiger partial charge is 0.379 e. The monoisotopic (exact) mass is 395 g/mol. The molecule has 0 unspecified atom stereocenters. The Bertz CT molecular complexity index is 712. The standard InChI is InChI=1S/C14H19Cl2N3O4S/c1-19(2)24(21,22)8-9-6-23-7-12(9)18-14(20)17-11-5-3-4-10(15)13(11)16/h3-5,9,12H,6-8H2,1-2H3,(H2,17,18,20)/t9-,12-/m0/s1. The molecule has 0 saturated carbocycles. The van der Waals surface area contributed by atoms with Gasteiger partial charge in [0.1, 0.15) is 0 Å². The maximum Gasteiger partial charge on any atom is 0.319 e. The summed E-state index contributed by atoms with van der Waals surface area (Å²) in [6, 6.07) is 3.99. The molecule has 1 aliphatic rings. The number of hydrogen-bond donors (Lipinski definition) is 2. The average molecular weight is 396 g/mol. The maximum atomic E-state index is 12.1. The predicted octanol–water partition coefficient (Wildman–Crippen LogP) is 2.02. The zero-order valence-corrected chi connectivity index (χ0v) is 15.6. The second-order valence-electron chi connectivity index (χ2n) is 5.66. The number of nitrogens with zero attached hydrogens (tertiary/aromatic N) is 1. The fraction of sp³-hybridized carbons (Fsp3) is 0.500. The van der Waals surface area contributed by atoms with Crippen molar-refractivity contribution < 1.29 is 17.9 Å². The van der Waals surface area contributed by atoms with Crippen LogP contribution in [0.25, 0.3) is 0 Å². The van der Waals surface area contributed by atoms with E-state index in [4.69, 9.17) is 27.9 Å². The van der Waals surface area contributed by atoms with Crippen LogP contribution in [0.2, 0.25) is 10.0 Å². The van der Waals surface area contributed by atoms with Gasteiger partial charge >= 0.3 is 6.03 Å². The first kappa shape index (κ1) is 19.3. The van der Waals surface area contributed by atoms with E-state index in [-0.39, 0.29) is 29.9 Å². The van der Waals surface area contributed by atoms with E-state index >= 15 is 0 Å². The van der Waals surface area contributed by atoms with Crippen molar-refractivity contribution in [2.75, 3.05) is 38.4 Å². The summed E-state index contributed by atoms with van der Waals surface area (Å²) < 4.78 is 30.5. The van der Waals surface area contributed by atoms with E-state index in [1.807, 2.05) is 0 Å². The van der Waals surface area contributed by atoms with Crippen molar-refractivity contribution >= 4 is 44.9 Å². The highest BCUT2D eigenvalue weighted by Crippen LogP contribution is 2.29. The Morgan fingerprint density at radius 3 is 2.71 bits per heavy atom. The third kappa shape index (κ3) is 4.73. The summed E-state index contributed by atoms with van der Waals surface area (Å²) in [5.41, 5.74) is 0.373. The first-order chi connectivity index (χ1) is 11.2. The third-order valence-electron chi connectivity index (χ3n) is 3.70. The van der Waals surface area contributed by atoms with Crippen molar-refractivity contribution in [3.8, 4) is 0 Å². The van der Waals surface area contributed by atoms with Crippen LogP contribution in [0.4, 0.5) is 10.5 Å². The molecule has 0 aliphatic carbocycles. The zero-order chi connectivity index (χ0) is 17.9. The number of anilines is 1. The molecule has 0 aromatic heterocycles. The Balaban J connectivity index is 1.99. The van der Waals surface area contributed by atoms with E-state index in [1.54, 1.807) is 18.2 Å². The SMILES string of the molecule is CN(C)S(=O)(=O)C[C@@H]1COC[C@@H]1NC(=O)Nc1cccc(Cl)c1Cl. The van der Waals surface area contributed by atoms with Gasteiger partial charge in [0.2, 0.25) is 10.0 Å². The van der Waals surface area contributed by atoms with E-state index in [9.17, 15) is 13.2 Å². The molecule has 2 N–H and O–H groups in total. The molecule has 2 rings (SSSR count). The number of benzene rings is 1. The molecule has 0 bridgehead atoms. The summed E-state index contributed by atoms with van der Waals surface area (Å²) in [5.74, 6) is -0.416. The zero-order valence-electron chi connectivity index (χ0n) is 13.3. The Morgan fingerprint density at radius 2 is 2.04 bits per heavy atom. The van der Waals surface area contributed by atoms with Gasteiger partial charge < -0.3 is 15.4 Å². The first-order valence-electron chi connectivity index (χ1n) is 7.20. The summed E-state index contributed by atoms with van der Waals surface area (Å²) in [7, 11) is -0.431. The maximum absolute atomic E-state index is 12.1. The van der Waals surface area contributed by atoms with Gasteiger partial charge in [-0.1, -0.05) is 29.3 Å². The van der Waals surface area contributed by atoms with Gasteiger partial charge in [0.15, 0.2) is 0 Å². The molecule has 0 spiro atoms. The topological polar surface area (TPSA) is 87.7 Å². The third-order valence-corrected chi connectivity index (χ3v) is 6.48. The number of sulfonamides is 1. The van der Waals surface area contributed by atoms with Crippen molar-refractivity contribution in [3.63, 3.8) is 0 Å². The van der Waals surface area contributed by atoms with E-state index in [0.29, 0.717) is 10.7 Å². The molecular weight excluding hydrogens is 377 g/mol. The molecule has 1 aromatic rings. The van der Waals surface area contributed by atoms with E-state index in [0.717, 1.165) is 4.31 Å². The number of carbonyl (C=O) groups is 1. The van der Waals surface area contributed by atoms with Gasteiger partial charge in [0.25, 0.3) is 0 Å². The molecule has 24 heavy (non-hydrogen) atoms. The van der Waals surface area contributed by atoms with Crippen LogP contribution in [-0.2, 0) is 14.8 Å². The van der Waals surface area contributed by atoms with Gasteiger partial charge in [0.05, 0.1) is 40.7 Å². The molecule has 2 atom stereocenters. The van der Waals surface area contributed by atoms with Crippen molar-refractivity contribution in [3.05, 3.63) is 28.2 Å². The molecule has 1 aromatic carbocycles. The second kappa shape index (κ2) is 7.88. The Hall–Kier alpha value is -1.06. The first-order valence-corrected chi connectivity index (χ1v) is 9.56. The summed E-state index contributed by atoms with van der Waals surface area (Å²) in [6.45, 7) is 0.528.